The van der Waals surface area contributed by atoms with E-state index in [9.17, 15) is 9.59 Å². The lowest BCUT2D eigenvalue weighted by atomic mass is 9.95. The SMILES string of the molecule is COc1cc2c(c(OC)c1OC)-c1ccc(NCc3ccco3)c(=O)cc1[C@@H](NC(C)=O)CC2. The van der Waals surface area contributed by atoms with Crippen molar-refractivity contribution in [2.45, 2.75) is 32.4 Å². The van der Waals surface area contributed by atoms with Crippen LogP contribution in [-0.2, 0) is 17.8 Å². The molecule has 178 valence electrons. The number of carbonyl (C=O) groups excluding carboxylic acids is 1. The molecule has 2 aromatic carbocycles. The third-order valence-corrected chi connectivity index (χ3v) is 5.95. The van der Waals surface area contributed by atoms with E-state index in [0.717, 1.165) is 22.3 Å². The van der Waals surface area contributed by atoms with Gasteiger partial charge in [0.05, 0.1) is 45.9 Å². The quantitative estimate of drug-likeness (QED) is 0.544. The molecule has 0 aliphatic heterocycles. The molecule has 4 rings (SSSR count). The highest BCUT2D eigenvalue weighted by Crippen LogP contribution is 2.50. The maximum atomic E-state index is 13.2. The molecule has 8 heteroatoms. The second-order valence-electron chi connectivity index (χ2n) is 8.03. The van der Waals surface area contributed by atoms with E-state index in [-0.39, 0.29) is 17.4 Å². The van der Waals surface area contributed by atoms with Crippen molar-refractivity contribution in [1.82, 2.24) is 5.32 Å². The van der Waals surface area contributed by atoms with Gasteiger partial charge in [0.25, 0.3) is 0 Å². The van der Waals surface area contributed by atoms with Gasteiger partial charge in [0, 0.05) is 12.5 Å². The minimum Gasteiger partial charge on any atom is -0.493 e. The van der Waals surface area contributed by atoms with Gasteiger partial charge in [-0.1, -0.05) is 6.07 Å². The van der Waals surface area contributed by atoms with Crippen LogP contribution in [0.15, 0.2) is 51.9 Å². The second-order valence-corrected chi connectivity index (χ2v) is 8.03. The number of benzene rings is 1. The minimum absolute atomic E-state index is 0.167. The fourth-order valence-corrected chi connectivity index (χ4v) is 4.45. The van der Waals surface area contributed by atoms with E-state index < -0.39 is 0 Å². The largest absolute Gasteiger partial charge is 0.493 e. The van der Waals surface area contributed by atoms with E-state index in [4.69, 9.17) is 18.6 Å². The van der Waals surface area contributed by atoms with E-state index in [2.05, 4.69) is 10.6 Å². The molecule has 1 aliphatic rings. The number of hydrogen-bond donors (Lipinski definition) is 2. The smallest absolute Gasteiger partial charge is 0.217 e. The number of rotatable bonds is 7. The molecule has 0 unspecified atom stereocenters. The van der Waals surface area contributed by atoms with Crippen molar-refractivity contribution in [2.75, 3.05) is 26.6 Å². The van der Waals surface area contributed by atoms with Crippen molar-refractivity contribution in [3.05, 3.63) is 69.8 Å². The number of nitrogens with one attached hydrogen (secondary N) is 2. The highest BCUT2D eigenvalue weighted by atomic mass is 16.5. The second kappa shape index (κ2) is 9.91. The van der Waals surface area contributed by atoms with E-state index in [1.807, 2.05) is 18.2 Å². The van der Waals surface area contributed by atoms with Gasteiger partial charge in [-0.2, -0.15) is 0 Å². The van der Waals surface area contributed by atoms with Gasteiger partial charge in [0.15, 0.2) is 11.5 Å². The Bertz CT molecular complexity index is 1250. The topological polar surface area (TPSA) is 99.0 Å². The Morgan fingerprint density at radius 3 is 2.53 bits per heavy atom. The van der Waals surface area contributed by atoms with Gasteiger partial charge in [-0.25, -0.2) is 0 Å². The van der Waals surface area contributed by atoms with E-state index in [1.54, 1.807) is 45.8 Å². The molecular formula is C26H28N2O6. The molecule has 1 atom stereocenters. The van der Waals surface area contributed by atoms with Crippen molar-refractivity contribution in [2.24, 2.45) is 0 Å². The number of ether oxygens (including phenoxy) is 3. The van der Waals surface area contributed by atoms with Crippen molar-refractivity contribution in [3.63, 3.8) is 0 Å². The summed E-state index contributed by atoms with van der Waals surface area (Å²) in [7, 11) is 4.71. The van der Waals surface area contributed by atoms with Gasteiger partial charge in [-0.15, -0.1) is 0 Å². The molecule has 0 saturated carbocycles. The van der Waals surface area contributed by atoms with Crippen LogP contribution in [0.1, 0.15) is 36.3 Å². The molecule has 0 saturated heterocycles. The molecule has 0 radical (unpaired) electrons. The average molecular weight is 465 g/mol. The number of methoxy groups -OCH3 is 3. The van der Waals surface area contributed by atoms with Crippen LogP contribution in [0.5, 0.6) is 17.2 Å². The Morgan fingerprint density at radius 1 is 1.09 bits per heavy atom. The van der Waals surface area contributed by atoms with Crippen LogP contribution in [0.3, 0.4) is 0 Å². The zero-order valence-electron chi connectivity index (χ0n) is 19.7. The summed E-state index contributed by atoms with van der Waals surface area (Å²) < 4.78 is 22.3. The summed E-state index contributed by atoms with van der Waals surface area (Å²) in [6.07, 6.45) is 2.84. The van der Waals surface area contributed by atoms with Crippen LogP contribution >= 0.6 is 0 Å². The molecule has 0 fully saturated rings. The monoisotopic (exact) mass is 464 g/mol. The molecule has 34 heavy (non-hydrogen) atoms. The predicted octanol–water partition coefficient (Wildman–Crippen LogP) is 4.07. The lowest BCUT2D eigenvalue weighted by Crippen LogP contribution is -2.26. The summed E-state index contributed by atoms with van der Waals surface area (Å²) >= 11 is 0. The van der Waals surface area contributed by atoms with Crippen LogP contribution < -0.4 is 30.3 Å². The zero-order chi connectivity index (χ0) is 24.2. The number of fused-ring (bicyclic) bond motifs is 3. The van der Waals surface area contributed by atoms with E-state index in [0.29, 0.717) is 48.1 Å². The van der Waals surface area contributed by atoms with Gasteiger partial charge in [-0.3, -0.25) is 9.59 Å². The first-order chi connectivity index (χ1) is 16.5. The van der Waals surface area contributed by atoms with Crippen LogP contribution in [-0.4, -0.2) is 27.2 Å². The number of carbonyl (C=O) groups is 1. The number of hydrogen-bond acceptors (Lipinski definition) is 7. The van der Waals surface area contributed by atoms with Crippen molar-refractivity contribution in [3.8, 4) is 28.4 Å². The fourth-order valence-electron chi connectivity index (χ4n) is 4.45. The van der Waals surface area contributed by atoms with Crippen molar-refractivity contribution < 1.29 is 23.4 Å². The third kappa shape index (κ3) is 4.44. The molecule has 8 nitrogen and oxygen atoms in total. The Morgan fingerprint density at radius 2 is 1.88 bits per heavy atom. The maximum absolute atomic E-state index is 13.2. The standard InChI is InChI=1S/C26H28N2O6/c1-15(29)28-20-9-7-16-12-23(31-2)25(32-3)26(33-4)24(16)18-8-10-21(22(30)13-19(18)20)27-14-17-6-5-11-34-17/h5-6,8,10-13,20H,7,9,14H2,1-4H3,(H,27,30)(H,28,29)/t20-/m0/s1. The Kier molecular flexibility index (Phi) is 6.77. The predicted molar refractivity (Wildman–Crippen MR) is 129 cm³/mol. The van der Waals surface area contributed by atoms with Gasteiger partial charge < -0.3 is 29.3 Å². The fraction of sp³-hybridized carbons (Fsp3) is 0.308. The molecule has 1 heterocycles. The highest BCUT2D eigenvalue weighted by Gasteiger charge is 2.29. The summed E-state index contributed by atoms with van der Waals surface area (Å²) in [5, 5.41) is 6.16. The Hall–Kier alpha value is -3.94. The molecule has 2 N–H and O–H groups in total. The Labute approximate surface area is 197 Å². The van der Waals surface area contributed by atoms with Crippen molar-refractivity contribution in [1.29, 1.82) is 0 Å². The lowest BCUT2D eigenvalue weighted by Gasteiger charge is -2.19. The minimum atomic E-state index is -0.348. The number of aryl methyl sites for hydroxylation is 1. The zero-order valence-corrected chi connectivity index (χ0v) is 19.7. The summed E-state index contributed by atoms with van der Waals surface area (Å²) in [4.78, 5) is 25.2. The van der Waals surface area contributed by atoms with Crippen LogP contribution in [0.25, 0.3) is 11.1 Å². The van der Waals surface area contributed by atoms with E-state index >= 15 is 0 Å². The first kappa shape index (κ1) is 23.2. The summed E-state index contributed by atoms with van der Waals surface area (Å²) in [5.41, 5.74) is 3.53. The highest BCUT2D eigenvalue weighted by molar-refractivity contribution is 5.83. The average Bonchev–Trinajstić information content (AvgIpc) is 3.24. The third-order valence-electron chi connectivity index (χ3n) is 5.95. The first-order valence-corrected chi connectivity index (χ1v) is 11.0. The molecule has 1 aliphatic carbocycles. The molecule has 0 bridgehead atoms. The number of furan rings is 1. The van der Waals surface area contributed by atoms with Crippen molar-refractivity contribution >= 4 is 11.6 Å². The van der Waals surface area contributed by atoms with Gasteiger partial charge in [0.1, 0.15) is 5.76 Å². The molecular weight excluding hydrogens is 436 g/mol. The van der Waals surface area contributed by atoms with Crippen LogP contribution in [0, 0.1) is 0 Å². The number of amides is 1. The van der Waals surface area contributed by atoms with Gasteiger partial charge in [-0.05, 0) is 59.9 Å². The molecule has 0 spiro atoms. The summed E-state index contributed by atoms with van der Waals surface area (Å²) in [6.45, 7) is 1.85. The maximum Gasteiger partial charge on any atom is 0.217 e. The lowest BCUT2D eigenvalue weighted by molar-refractivity contribution is -0.119. The Balaban J connectivity index is 1.93. The molecule has 1 aromatic heterocycles. The van der Waals surface area contributed by atoms with Crippen LogP contribution in [0.4, 0.5) is 5.69 Å². The van der Waals surface area contributed by atoms with E-state index in [1.165, 1.54) is 6.92 Å². The van der Waals surface area contributed by atoms with Gasteiger partial charge in [0.2, 0.25) is 17.1 Å². The summed E-state index contributed by atoms with van der Waals surface area (Å²) in [5.74, 6) is 2.10. The molecule has 3 aromatic rings. The first-order valence-electron chi connectivity index (χ1n) is 11.0. The normalized spacial score (nSPS) is 14.3. The van der Waals surface area contributed by atoms with Crippen LogP contribution in [0.2, 0.25) is 0 Å². The number of anilines is 1. The summed E-state index contributed by atoms with van der Waals surface area (Å²) in [6, 6.07) is 10.4. The molecule has 1 amide bonds. The van der Waals surface area contributed by atoms with Gasteiger partial charge >= 0.3 is 0 Å².